The maximum absolute atomic E-state index is 5.15. The van der Waals surface area contributed by atoms with E-state index in [0.29, 0.717) is 0 Å². The molecule has 0 fully saturated rings. The van der Waals surface area contributed by atoms with E-state index in [4.69, 9.17) is 4.74 Å². The second kappa shape index (κ2) is 6.57. The molecular formula is C18H20N4OS. The van der Waals surface area contributed by atoms with Gasteiger partial charge < -0.3 is 4.74 Å². The predicted molar refractivity (Wildman–Crippen MR) is 100 cm³/mol. The summed E-state index contributed by atoms with van der Waals surface area (Å²) < 4.78 is 6.17. The Labute approximate surface area is 145 Å². The van der Waals surface area contributed by atoms with E-state index in [2.05, 4.69) is 47.3 Å². The Morgan fingerprint density at radius 1 is 1.17 bits per heavy atom. The van der Waals surface area contributed by atoms with Crippen molar-refractivity contribution in [2.75, 3.05) is 12.5 Å². The molecule has 2 aromatic heterocycles. The van der Waals surface area contributed by atoms with E-state index in [1.807, 2.05) is 24.3 Å². The minimum Gasteiger partial charge on any atom is -0.497 e. The highest BCUT2D eigenvalue weighted by molar-refractivity contribution is 7.19. The highest BCUT2D eigenvalue weighted by Gasteiger charge is 2.18. The van der Waals surface area contributed by atoms with Gasteiger partial charge in [-0.2, -0.15) is 5.10 Å². The molecule has 3 aromatic rings. The van der Waals surface area contributed by atoms with Gasteiger partial charge in [0.15, 0.2) is 5.82 Å². The van der Waals surface area contributed by atoms with Crippen molar-refractivity contribution in [1.82, 2.24) is 9.97 Å². The molecule has 1 aromatic carbocycles. The van der Waals surface area contributed by atoms with Crippen LogP contribution in [0, 0.1) is 0 Å². The first-order valence-electron chi connectivity index (χ1n) is 7.65. The number of ether oxygens (including phenoxy) is 1. The normalized spacial score (nSPS) is 12.0. The van der Waals surface area contributed by atoms with Gasteiger partial charge in [0.2, 0.25) is 0 Å². The molecule has 3 rings (SSSR count). The Morgan fingerprint density at radius 3 is 2.58 bits per heavy atom. The number of hydrogen-bond donors (Lipinski definition) is 1. The number of hydrazone groups is 1. The second-order valence-electron chi connectivity index (χ2n) is 6.44. The summed E-state index contributed by atoms with van der Waals surface area (Å²) in [6, 6.07) is 9.82. The molecule has 0 radical (unpaired) electrons. The van der Waals surface area contributed by atoms with Crippen LogP contribution < -0.4 is 10.2 Å². The van der Waals surface area contributed by atoms with Gasteiger partial charge in [-0.05, 0) is 41.3 Å². The van der Waals surface area contributed by atoms with Crippen molar-refractivity contribution in [2.45, 2.75) is 26.2 Å². The summed E-state index contributed by atoms with van der Waals surface area (Å²) in [5.74, 6) is 1.55. The van der Waals surface area contributed by atoms with E-state index in [-0.39, 0.29) is 5.41 Å². The Bertz CT molecular complexity index is 863. The molecule has 5 nitrogen and oxygen atoms in total. The smallest absolute Gasteiger partial charge is 0.167 e. The largest absolute Gasteiger partial charge is 0.497 e. The van der Waals surface area contributed by atoms with Crippen LogP contribution in [0.5, 0.6) is 5.75 Å². The first-order valence-corrected chi connectivity index (χ1v) is 8.47. The average Bonchev–Trinajstić information content (AvgIpc) is 3.01. The highest BCUT2D eigenvalue weighted by Crippen LogP contribution is 2.35. The van der Waals surface area contributed by atoms with Crippen molar-refractivity contribution in [2.24, 2.45) is 5.10 Å². The number of anilines is 1. The fourth-order valence-electron chi connectivity index (χ4n) is 2.16. The number of hydrogen-bond acceptors (Lipinski definition) is 6. The van der Waals surface area contributed by atoms with Crippen LogP contribution in [0.4, 0.5) is 5.82 Å². The summed E-state index contributed by atoms with van der Waals surface area (Å²) in [4.78, 5) is 9.95. The van der Waals surface area contributed by atoms with Gasteiger partial charge >= 0.3 is 0 Å². The molecule has 6 heteroatoms. The number of nitrogens with zero attached hydrogens (tertiary/aromatic N) is 3. The van der Waals surface area contributed by atoms with E-state index in [1.165, 1.54) is 4.88 Å². The molecule has 0 saturated carbocycles. The maximum Gasteiger partial charge on any atom is 0.167 e. The number of aromatic nitrogens is 2. The number of fused-ring (bicyclic) bond motifs is 1. The lowest BCUT2D eigenvalue weighted by molar-refractivity contribution is 0.415. The lowest BCUT2D eigenvalue weighted by Gasteiger charge is -2.14. The van der Waals surface area contributed by atoms with Gasteiger partial charge in [-0.25, -0.2) is 9.97 Å². The molecule has 24 heavy (non-hydrogen) atoms. The number of thiophene rings is 1. The van der Waals surface area contributed by atoms with E-state index < -0.39 is 0 Å². The Morgan fingerprint density at radius 2 is 1.92 bits per heavy atom. The van der Waals surface area contributed by atoms with Crippen molar-refractivity contribution in [1.29, 1.82) is 0 Å². The number of nitrogens with one attached hydrogen (secondary N) is 1. The van der Waals surface area contributed by atoms with Crippen molar-refractivity contribution in [3.8, 4) is 5.75 Å². The molecule has 0 saturated heterocycles. The van der Waals surface area contributed by atoms with Crippen LogP contribution >= 0.6 is 11.3 Å². The van der Waals surface area contributed by atoms with Crippen LogP contribution in [-0.2, 0) is 5.41 Å². The van der Waals surface area contributed by atoms with Crippen molar-refractivity contribution in [3.05, 3.63) is 47.1 Å². The molecule has 0 aliphatic heterocycles. The first-order chi connectivity index (χ1) is 11.5. The van der Waals surface area contributed by atoms with Gasteiger partial charge in [-0.3, -0.25) is 5.43 Å². The summed E-state index contributed by atoms with van der Waals surface area (Å²) in [5, 5.41) is 4.29. The molecule has 124 valence electrons. The zero-order chi connectivity index (χ0) is 17.2. The monoisotopic (exact) mass is 340 g/mol. The van der Waals surface area contributed by atoms with E-state index >= 15 is 0 Å². The number of benzene rings is 1. The summed E-state index contributed by atoms with van der Waals surface area (Å²) >= 11 is 1.70. The van der Waals surface area contributed by atoms with Crippen LogP contribution in [-0.4, -0.2) is 23.3 Å². The standard InChI is InChI=1S/C18H20N4OS/c1-18(2,3)15-9-14-16(24-15)17(20-11-19-14)22-21-10-12-5-7-13(23-4)8-6-12/h5-11H,1-4H3,(H,19,20,22)/b21-10-. The fourth-order valence-corrected chi connectivity index (χ4v) is 3.27. The lowest BCUT2D eigenvalue weighted by Crippen LogP contribution is -2.07. The molecule has 0 aliphatic carbocycles. The quantitative estimate of drug-likeness (QED) is 0.563. The summed E-state index contributed by atoms with van der Waals surface area (Å²) in [6.45, 7) is 6.58. The molecule has 0 atom stereocenters. The van der Waals surface area contributed by atoms with E-state index in [9.17, 15) is 0 Å². The van der Waals surface area contributed by atoms with Gasteiger partial charge in [0.1, 0.15) is 12.1 Å². The molecule has 0 spiro atoms. The molecule has 1 N–H and O–H groups in total. The molecule has 0 bridgehead atoms. The van der Waals surface area contributed by atoms with Crippen LogP contribution in [0.2, 0.25) is 0 Å². The van der Waals surface area contributed by atoms with Crippen LogP contribution in [0.25, 0.3) is 10.2 Å². The second-order valence-corrected chi connectivity index (χ2v) is 7.49. The maximum atomic E-state index is 5.15. The third-order valence-electron chi connectivity index (χ3n) is 3.55. The van der Waals surface area contributed by atoms with E-state index in [1.54, 1.807) is 31.0 Å². The predicted octanol–water partition coefficient (Wildman–Crippen LogP) is 4.44. The number of methoxy groups -OCH3 is 1. The van der Waals surface area contributed by atoms with Crippen molar-refractivity contribution >= 4 is 33.6 Å². The molecule has 0 amide bonds. The van der Waals surface area contributed by atoms with Crippen LogP contribution in [0.1, 0.15) is 31.2 Å². The molecule has 0 unspecified atom stereocenters. The molecular weight excluding hydrogens is 320 g/mol. The molecule has 2 heterocycles. The van der Waals surface area contributed by atoms with Crippen LogP contribution in [0.3, 0.4) is 0 Å². The summed E-state index contributed by atoms with van der Waals surface area (Å²) in [7, 11) is 1.65. The third-order valence-corrected chi connectivity index (χ3v) is 5.11. The topological polar surface area (TPSA) is 59.4 Å². The first kappa shape index (κ1) is 16.4. The third kappa shape index (κ3) is 3.54. The minimum absolute atomic E-state index is 0.0923. The zero-order valence-corrected chi connectivity index (χ0v) is 15.0. The fraction of sp³-hybridized carbons (Fsp3) is 0.278. The minimum atomic E-state index is 0.0923. The van der Waals surface area contributed by atoms with E-state index in [0.717, 1.165) is 27.3 Å². The summed E-state index contributed by atoms with van der Waals surface area (Å²) in [6.07, 6.45) is 3.32. The van der Waals surface area contributed by atoms with Gasteiger partial charge in [-0.1, -0.05) is 20.8 Å². The Balaban J connectivity index is 1.81. The van der Waals surface area contributed by atoms with Gasteiger partial charge in [-0.15, -0.1) is 11.3 Å². The highest BCUT2D eigenvalue weighted by atomic mass is 32.1. The van der Waals surface area contributed by atoms with Gasteiger partial charge in [0, 0.05) is 4.88 Å². The van der Waals surface area contributed by atoms with Gasteiger partial charge in [0.25, 0.3) is 0 Å². The van der Waals surface area contributed by atoms with Gasteiger partial charge in [0.05, 0.1) is 23.5 Å². The van der Waals surface area contributed by atoms with Crippen LogP contribution in [0.15, 0.2) is 41.8 Å². The SMILES string of the molecule is COc1ccc(/C=N\Nc2ncnc3cc(C(C)(C)C)sc23)cc1. The Hall–Kier alpha value is -2.47. The van der Waals surface area contributed by atoms with Crippen molar-refractivity contribution < 1.29 is 4.74 Å². The average molecular weight is 340 g/mol. The lowest BCUT2D eigenvalue weighted by atomic mass is 9.95. The summed E-state index contributed by atoms with van der Waals surface area (Å²) in [5.41, 5.74) is 5.05. The molecule has 0 aliphatic rings. The van der Waals surface area contributed by atoms with Crippen molar-refractivity contribution in [3.63, 3.8) is 0 Å². The number of rotatable bonds is 4. The Kier molecular flexibility index (Phi) is 4.49. The zero-order valence-electron chi connectivity index (χ0n) is 14.2.